The van der Waals surface area contributed by atoms with Crippen molar-refractivity contribution in [3.8, 4) is 11.3 Å². The summed E-state index contributed by atoms with van der Waals surface area (Å²) in [4.78, 5) is 0. The van der Waals surface area contributed by atoms with Crippen molar-refractivity contribution in [2.45, 2.75) is 39.2 Å². The Morgan fingerprint density at radius 3 is 2.70 bits per heavy atom. The fourth-order valence-corrected chi connectivity index (χ4v) is 3.51. The molecule has 2 aromatic carbocycles. The second-order valence-corrected chi connectivity index (χ2v) is 7.24. The Balaban J connectivity index is 1.50. The standard InChI is InChI=1S/C23H28FN3/c1-17-15-19(10-11-22(17)24)16-18(2)25-13-6-8-20-7-4-5-9-21(20)23-12-14-26-27(23)3/h4-5,7,9-12,14-15,18,25H,6,8,13,16H2,1-3H3. The molecule has 0 fully saturated rings. The summed E-state index contributed by atoms with van der Waals surface area (Å²) in [7, 11) is 1.98. The Morgan fingerprint density at radius 2 is 1.96 bits per heavy atom. The number of hydrogen-bond donors (Lipinski definition) is 1. The summed E-state index contributed by atoms with van der Waals surface area (Å²) in [5.41, 5.74) is 5.65. The van der Waals surface area contributed by atoms with Crippen molar-refractivity contribution < 1.29 is 4.39 Å². The zero-order valence-corrected chi connectivity index (χ0v) is 16.4. The molecule has 0 saturated carbocycles. The summed E-state index contributed by atoms with van der Waals surface area (Å²) < 4.78 is 15.3. The molecular formula is C23H28FN3. The van der Waals surface area contributed by atoms with Crippen LogP contribution in [-0.2, 0) is 19.9 Å². The Morgan fingerprint density at radius 1 is 1.15 bits per heavy atom. The van der Waals surface area contributed by atoms with E-state index in [1.165, 1.54) is 16.7 Å². The fraction of sp³-hybridized carbons (Fsp3) is 0.348. The molecule has 3 nitrogen and oxygen atoms in total. The molecule has 0 bridgehead atoms. The number of nitrogens with one attached hydrogen (secondary N) is 1. The molecule has 1 unspecified atom stereocenters. The van der Waals surface area contributed by atoms with E-state index in [0.717, 1.165) is 31.5 Å². The Bertz CT molecular complexity index is 885. The van der Waals surface area contributed by atoms with Crippen molar-refractivity contribution in [3.05, 3.63) is 77.2 Å². The molecule has 142 valence electrons. The molecule has 1 aromatic heterocycles. The van der Waals surface area contributed by atoms with Gasteiger partial charge < -0.3 is 5.32 Å². The lowest BCUT2D eigenvalue weighted by atomic mass is 10.00. The summed E-state index contributed by atoms with van der Waals surface area (Å²) in [6.45, 7) is 4.96. The van der Waals surface area contributed by atoms with E-state index in [1.807, 2.05) is 37.0 Å². The van der Waals surface area contributed by atoms with Gasteiger partial charge in [0, 0.05) is 24.8 Å². The zero-order chi connectivity index (χ0) is 19.2. The van der Waals surface area contributed by atoms with E-state index in [0.29, 0.717) is 11.6 Å². The van der Waals surface area contributed by atoms with Crippen LogP contribution in [-0.4, -0.2) is 22.4 Å². The highest BCUT2D eigenvalue weighted by Gasteiger charge is 2.09. The Hall–Kier alpha value is -2.46. The third-order valence-corrected chi connectivity index (χ3v) is 4.99. The molecule has 0 aliphatic carbocycles. The van der Waals surface area contributed by atoms with E-state index in [2.05, 4.69) is 47.7 Å². The smallest absolute Gasteiger partial charge is 0.126 e. The predicted molar refractivity (Wildman–Crippen MR) is 109 cm³/mol. The molecule has 0 aliphatic heterocycles. The first-order chi connectivity index (χ1) is 13.0. The normalized spacial score (nSPS) is 12.3. The molecule has 0 amide bonds. The number of nitrogens with zero attached hydrogens (tertiary/aromatic N) is 2. The molecule has 4 heteroatoms. The average molecular weight is 365 g/mol. The van der Waals surface area contributed by atoms with Crippen molar-refractivity contribution in [1.29, 1.82) is 0 Å². The first kappa shape index (κ1) is 19.3. The molecule has 1 heterocycles. The summed E-state index contributed by atoms with van der Waals surface area (Å²) in [6.07, 6.45) is 4.84. The van der Waals surface area contributed by atoms with Gasteiger partial charge in [-0.2, -0.15) is 5.10 Å². The largest absolute Gasteiger partial charge is 0.314 e. The van der Waals surface area contributed by atoms with Gasteiger partial charge in [0.2, 0.25) is 0 Å². The Kier molecular flexibility index (Phi) is 6.40. The van der Waals surface area contributed by atoms with Gasteiger partial charge in [-0.05, 0) is 68.5 Å². The van der Waals surface area contributed by atoms with Crippen LogP contribution in [0.4, 0.5) is 4.39 Å². The van der Waals surface area contributed by atoms with Gasteiger partial charge in [0.15, 0.2) is 0 Å². The van der Waals surface area contributed by atoms with Gasteiger partial charge in [-0.25, -0.2) is 4.39 Å². The number of benzene rings is 2. The maximum Gasteiger partial charge on any atom is 0.126 e. The van der Waals surface area contributed by atoms with E-state index in [-0.39, 0.29) is 5.82 Å². The molecule has 27 heavy (non-hydrogen) atoms. The monoisotopic (exact) mass is 365 g/mol. The van der Waals surface area contributed by atoms with Crippen LogP contribution in [0.1, 0.15) is 30.0 Å². The lowest BCUT2D eigenvalue weighted by Gasteiger charge is -2.15. The lowest BCUT2D eigenvalue weighted by Crippen LogP contribution is -2.29. The number of hydrogen-bond acceptors (Lipinski definition) is 2. The summed E-state index contributed by atoms with van der Waals surface area (Å²) >= 11 is 0. The second kappa shape index (κ2) is 8.96. The topological polar surface area (TPSA) is 29.9 Å². The number of halogens is 1. The molecule has 3 aromatic rings. The molecule has 3 rings (SSSR count). The first-order valence-electron chi connectivity index (χ1n) is 9.59. The molecule has 1 N–H and O–H groups in total. The quantitative estimate of drug-likeness (QED) is 0.587. The second-order valence-electron chi connectivity index (χ2n) is 7.24. The summed E-state index contributed by atoms with van der Waals surface area (Å²) in [5.74, 6) is -0.133. The van der Waals surface area contributed by atoms with Crippen LogP contribution in [0.15, 0.2) is 54.7 Å². The number of rotatable bonds is 8. The number of aromatic nitrogens is 2. The molecule has 0 saturated heterocycles. The van der Waals surface area contributed by atoms with Crippen LogP contribution >= 0.6 is 0 Å². The maximum atomic E-state index is 13.4. The van der Waals surface area contributed by atoms with Gasteiger partial charge in [-0.1, -0.05) is 36.4 Å². The van der Waals surface area contributed by atoms with Gasteiger partial charge in [0.1, 0.15) is 5.82 Å². The van der Waals surface area contributed by atoms with Crippen LogP contribution in [0.5, 0.6) is 0 Å². The van der Waals surface area contributed by atoms with Crippen molar-refractivity contribution in [2.75, 3.05) is 6.54 Å². The van der Waals surface area contributed by atoms with Gasteiger partial charge >= 0.3 is 0 Å². The highest BCUT2D eigenvalue weighted by atomic mass is 19.1. The van der Waals surface area contributed by atoms with E-state index >= 15 is 0 Å². The van der Waals surface area contributed by atoms with Gasteiger partial charge in [0.05, 0.1) is 5.69 Å². The predicted octanol–water partition coefficient (Wildman–Crippen LogP) is 4.69. The highest BCUT2D eigenvalue weighted by Crippen LogP contribution is 2.23. The lowest BCUT2D eigenvalue weighted by molar-refractivity contribution is 0.533. The zero-order valence-electron chi connectivity index (χ0n) is 16.4. The van der Waals surface area contributed by atoms with E-state index < -0.39 is 0 Å². The summed E-state index contributed by atoms with van der Waals surface area (Å²) in [6, 6.07) is 16.4. The SMILES string of the molecule is Cc1cc(CC(C)NCCCc2ccccc2-c2ccnn2C)ccc1F. The summed E-state index contributed by atoms with van der Waals surface area (Å²) in [5, 5.41) is 7.88. The molecule has 0 radical (unpaired) electrons. The van der Waals surface area contributed by atoms with E-state index in [9.17, 15) is 4.39 Å². The van der Waals surface area contributed by atoms with Gasteiger partial charge in [-0.3, -0.25) is 4.68 Å². The van der Waals surface area contributed by atoms with Crippen molar-refractivity contribution in [1.82, 2.24) is 15.1 Å². The minimum atomic E-state index is -0.133. The molecule has 0 aliphatic rings. The third kappa shape index (κ3) is 5.04. The van der Waals surface area contributed by atoms with Crippen LogP contribution in [0.25, 0.3) is 11.3 Å². The first-order valence-corrected chi connectivity index (χ1v) is 9.59. The van der Waals surface area contributed by atoms with E-state index in [4.69, 9.17) is 0 Å². The van der Waals surface area contributed by atoms with Crippen LogP contribution < -0.4 is 5.32 Å². The van der Waals surface area contributed by atoms with Crippen molar-refractivity contribution >= 4 is 0 Å². The fourth-order valence-electron chi connectivity index (χ4n) is 3.51. The van der Waals surface area contributed by atoms with Gasteiger partial charge in [-0.15, -0.1) is 0 Å². The van der Waals surface area contributed by atoms with Crippen LogP contribution in [0.2, 0.25) is 0 Å². The minimum absolute atomic E-state index is 0.133. The minimum Gasteiger partial charge on any atom is -0.314 e. The molecule has 0 spiro atoms. The van der Waals surface area contributed by atoms with Crippen LogP contribution in [0.3, 0.4) is 0 Å². The molecular weight excluding hydrogens is 337 g/mol. The number of aryl methyl sites for hydroxylation is 3. The maximum absolute atomic E-state index is 13.4. The van der Waals surface area contributed by atoms with Crippen molar-refractivity contribution in [2.24, 2.45) is 7.05 Å². The van der Waals surface area contributed by atoms with Crippen LogP contribution in [0, 0.1) is 12.7 Å². The average Bonchev–Trinajstić information content (AvgIpc) is 3.08. The Labute approximate surface area is 161 Å². The van der Waals surface area contributed by atoms with Crippen molar-refractivity contribution in [3.63, 3.8) is 0 Å². The molecule has 1 atom stereocenters. The van der Waals surface area contributed by atoms with E-state index in [1.54, 1.807) is 6.07 Å². The van der Waals surface area contributed by atoms with Gasteiger partial charge in [0.25, 0.3) is 0 Å². The third-order valence-electron chi connectivity index (χ3n) is 4.99. The highest BCUT2D eigenvalue weighted by molar-refractivity contribution is 5.63.